The van der Waals surface area contributed by atoms with E-state index in [1.165, 1.54) is 7.11 Å². The summed E-state index contributed by atoms with van der Waals surface area (Å²) in [4.78, 5) is 16.3. The average Bonchev–Trinajstić information content (AvgIpc) is 2.56. The molecular formula is C9H10N2O3. The Morgan fingerprint density at radius 1 is 1.14 bits per heavy atom. The number of rotatable bonds is 2. The van der Waals surface area contributed by atoms with Crippen LogP contribution in [0.2, 0.25) is 0 Å². The Labute approximate surface area is 79.7 Å². The van der Waals surface area contributed by atoms with Crippen LogP contribution < -0.4 is 15.2 Å². The molecule has 2 rings (SSSR count). The van der Waals surface area contributed by atoms with E-state index in [9.17, 15) is 4.79 Å². The van der Waals surface area contributed by atoms with Crippen LogP contribution in [0.1, 0.15) is 0 Å². The van der Waals surface area contributed by atoms with Gasteiger partial charge >= 0.3 is 5.69 Å². The minimum atomic E-state index is -0.258. The largest absolute Gasteiger partial charge is 0.493 e. The van der Waals surface area contributed by atoms with Crippen molar-refractivity contribution in [2.24, 2.45) is 0 Å². The van der Waals surface area contributed by atoms with Gasteiger partial charge in [-0.25, -0.2) is 4.79 Å². The molecule has 0 saturated carbocycles. The van der Waals surface area contributed by atoms with Crippen LogP contribution in [0.3, 0.4) is 0 Å². The maximum Gasteiger partial charge on any atom is 0.323 e. The van der Waals surface area contributed by atoms with Gasteiger partial charge < -0.3 is 19.4 Å². The fourth-order valence-corrected chi connectivity index (χ4v) is 1.42. The van der Waals surface area contributed by atoms with E-state index in [0.717, 1.165) is 0 Å². The topological polar surface area (TPSA) is 67.1 Å². The van der Waals surface area contributed by atoms with Crippen molar-refractivity contribution in [3.63, 3.8) is 0 Å². The highest BCUT2D eigenvalue weighted by Crippen LogP contribution is 2.32. The maximum absolute atomic E-state index is 11.0. The zero-order valence-corrected chi connectivity index (χ0v) is 7.88. The van der Waals surface area contributed by atoms with Gasteiger partial charge in [0.25, 0.3) is 0 Å². The molecule has 0 fully saturated rings. The molecule has 0 amide bonds. The molecule has 1 aromatic carbocycles. The first kappa shape index (κ1) is 8.68. The molecule has 1 aromatic heterocycles. The molecule has 0 radical (unpaired) electrons. The highest BCUT2D eigenvalue weighted by atomic mass is 16.5. The maximum atomic E-state index is 11.0. The highest BCUT2D eigenvalue weighted by molar-refractivity contribution is 5.84. The van der Waals surface area contributed by atoms with Gasteiger partial charge in [0.05, 0.1) is 19.7 Å². The van der Waals surface area contributed by atoms with Crippen molar-refractivity contribution in [2.45, 2.75) is 0 Å². The minimum absolute atomic E-state index is 0.258. The van der Waals surface area contributed by atoms with Crippen LogP contribution in [0.5, 0.6) is 11.5 Å². The summed E-state index contributed by atoms with van der Waals surface area (Å²) in [7, 11) is 3.08. The molecule has 0 saturated heterocycles. The number of ether oxygens (including phenoxy) is 2. The van der Waals surface area contributed by atoms with E-state index in [4.69, 9.17) is 9.47 Å². The summed E-state index contributed by atoms with van der Waals surface area (Å²) in [5.74, 6) is 1.12. The predicted octanol–water partition coefficient (Wildman–Crippen LogP) is 0.873. The summed E-state index contributed by atoms with van der Waals surface area (Å²) < 4.78 is 10.2. The molecule has 74 valence electrons. The second-order valence-corrected chi connectivity index (χ2v) is 2.80. The fourth-order valence-electron chi connectivity index (χ4n) is 1.42. The van der Waals surface area contributed by atoms with Gasteiger partial charge in [0.15, 0.2) is 11.5 Å². The molecule has 0 aliphatic heterocycles. The van der Waals surface area contributed by atoms with Crippen molar-refractivity contribution < 1.29 is 9.47 Å². The molecule has 0 spiro atoms. The van der Waals surface area contributed by atoms with Crippen molar-refractivity contribution in [1.82, 2.24) is 9.97 Å². The highest BCUT2D eigenvalue weighted by Gasteiger charge is 2.10. The summed E-state index contributed by atoms with van der Waals surface area (Å²) in [6, 6.07) is 3.50. The number of nitrogens with one attached hydrogen (secondary N) is 2. The van der Waals surface area contributed by atoms with Gasteiger partial charge in [0, 0.05) is 0 Å². The Morgan fingerprint density at radius 3 is 2.57 bits per heavy atom. The zero-order chi connectivity index (χ0) is 10.1. The Morgan fingerprint density at radius 2 is 1.93 bits per heavy atom. The molecule has 1 heterocycles. The molecule has 14 heavy (non-hydrogen) atoms. The molecule has 0 aliphatic rings. The zero-order valence-electron chi connectivity index (χ0n) is 7.88. The van der Waals surface area contributed by atoms with Crippen molar-refractivity contribution >= 4 is 11.0 Å². The van der Waals surface area contributed by atoms with Gasteiger partial charge in [-0.3, -0.25) is 0 Å². The third-order valence-electron chi connectivity index (χ3n) is 2.03. The number of imidazole rings is 1. The van der Waals surface area contributed by atoms with Crippen molar-refractivity contribution in [1.29, 1.82) is 0 Å². The van der Waals surface area contributed by atoms with Crippen molar-refractivity contribution in [2.75, 3.05) is 14.2 Å². The third kappa shape index (κ3) is 1.14. The van der Waals surface area contributed by atoms with E-state index in [-0.39, 0.29) is 5.69 Å². The number of H-pyrrole nitrogens is 2. The van der Waals surface area contributed by atoms with Gasteiger partial charge in [0.1, 0.15) is 5.52 Å². The summed E-state index contributed by atoms with van der Waals surface area (Å²) >= 11 is 0. The molecule has 0 bridgehead atoms. The SMILES string of the molecule is COc1ccc2[nH]c(=O)[nH]c2c1OC. The average molecular weight is 194 g/mol. The first-order valence-electron chi connectivity index (χ1n) is 4.09. The van der Waals surface area contributed by atoms with Crippen LogP contribution in [0.15, 0.2) is 16.9 Å². The lowest BCUT2D eigenvalue weighted by atomic mass is 10.2. The van der Waals surface area contributed by atoms with Crippen LogP contribution in [-0.4, -0.2) is 24.2 Å². The van der Waals surface area contributed by atoms with Crippen molar-refractivity contribution in [3.8, 4) is 11.5 Å². The monoisotopic (exact) mass is 194 g/mol. The summed E-state index contributed by atoms with van der Waals surface area (Å²) in [6.45, 7) is 0. The van der Waals surface area contributed by atoms with Crippen LogP contribution in [0.4, 0.5) is 0 Å². The Hall–Kier alpha value is -1.91. The number of fused-ring (bicyclic) bond motifs is 1. The number of hydrogen-bond acceptors (Lipinski definition) is 3. The molecular weight excluding hydrogens is 184 g/mol. The van der Waals surface area contributed by atoms with Crippen LogP contribution >= 0.6 is 0 Å². The van der Waals surface area contributed by atoms with Crippen molar-refractivity contribution in [3.05, 3.63) is 22.6 Å². The Balaban J connectivity index is 2.82. The minimum Gasteiger partial charge on any atom is -0.493 e. The number of aromatic nitrogens is 2. The lowest BCUT2D eigenvalue weighted by Gasteiger charge is -2.06. The first-order valence-corrected chi connectivity index (χ1v) is 4.09. The number of hydrogen-bond donors (Lipinski definition) is 2. The normalized spacial score (nSPS) is 10.4. The molecule has 0 aliphatic carbocycles. The fraction of sp³-hybridized carbons (Fsp3) is 0.222. The van der Waals surface area contributed by atoms with E-state index >= 15 is 0 Å². The first-order chi connectivity index (χ1) is 6.76. The number of methoxy groups -OCH3 is 2. The van der Waals surface area contributed by atoms with Crippen LogP contribution in [0.25, 0.3) is 11.0 Å². The van der Waals surface area contributed by atoms with E-state index < -0.39 is 0 Å². The van der Waals surface area contributed by atoms with Crippen LogP contribution in [0, 0.1) is 0 Å². The van der Waals surface area contributed by atoms with E-state index in [1.807, 2.05) is 0 Å². The summed E-state index contributed by atoms with van der Waals surface area (Å²) in [6.07, 6.45) is 0. The Bertz CT molecular complexity index is 512. The molecule has 2 aromatic rings. The van der Waals surface area contributed by atoms with E-state index in [2.05, 4.69) is 9.97 Å². The number of aromatic amines is 2. The van der Waals surface area contributed by atoms with E-state index in [0.29, 0.717) is 22.5 Å². The van der Waals surface area contributed by atoms with E-state index in [1.54, 1.807) is 19.2 Å². The van der Waals surface area contributed by atoms with Gasteiger partial charge in [-0.05, 0) is 12.1 Å². The lowest BCUT2D eigenvalue weighted by molar-refractivity contribution is 0.358. The second-order valence-electron chi connectivity index (χ2n) is 2.80. The molecule has 2 N–H and O–H groups in total. The summed E-state index contributed by atoms with van der Waals surface area (Å²) in [5.41, 5.74) is 1.07. The predicted molar refractivity (Wildman–Crippen MR) is 52.0 cm³/mol. The molecule has 5 nitrogen and oxygen atoms in total. The molecule has 5 heteroatoms. The van der Waals surface area contributed by atoms with Gasteiger partial charge in [-0.15, -0.1) is 0 Å². The molecule has 0 atom stereocenters. The Kier molecular flexibility index (Phi) is 1.92. The third-order valence-corrected chi connectivity index (χ3v) is 2.03. The molecule has 0 unspecified atom stereocenters. The standard InChI is InChI=1S/C9H10N2O3/c1-13-6-4-3-5-7(8(6)14-2)11-9(12)10-5/h3-4H,1-2H3,(H2,10,11,12). The van der Waals surface area contributed by atoms with Gasteiger partial charge in [-0.2, -0.15) is 0 Å². The second kappa shape index (κ2) is 3.10. The lowest BCUT2D eigenvalue weighted by Crippen LogP contribution is -1.99. The van der Waals surface area contributed by atoms with Gasteiger partial charge in [0.2, 0.25) is 0 Å². The summed E-state index contributed by atoms with van der Waals surface area (Å²) in [5, 5.41) is 0. The van der Waals surface area contributed by atoms with Crippen LogP contribution in [-0.2, 0) is 0 Å². The van der Waals surface area contributed by atoms with Gasteiger partial charge in [-0.1, -0.05) is 0 Å². The quantitative estimate of drug-likeness (QED) is 0.745. The smallest absolute Gasteiger partial charge is 0.323 e. The number of benzene rings is 1.